The van der Waals surface area contributed by atoms with Gasteiger partial charge in [0.1, 0.15) is 23.8 Å². The highest BCUT2D eigenvalue weighted by Crippen LogP contribution is 2.20. The lowest BCUT2D eigenvalue weighted by Crippen LogP contribution is -2.20. The van der Waals surface area contributed by atoms with E-state index in [-0.39, 0.29) is 29.4 Å². The van der Waals surface area contributed by atoms with Crippen LogP contribution in [0.5, 0.6) is 0 Å². The third-order valence-corrected chi connectivity index (χ3v) is 4.16. The van der Waals surface area contributed by atoms with Gasteiger partial charge in [0.2, 0.25) is 11.7 Å². The van der Waals surface area contributed by atoms with Crippen molar-refractivity contribution < 1.29 is 4.79 Å². The van der Waals surface area contributed by atoms with Gasteiger partial charge in [-0.05, 0) is 24.3 Å². The van der Waals surface area contributed by atoms with Crippen LogP contribution in [0.15, 0.2) is 67.6 Å². The standard InChI is InChI=1S/C17H14N8O/c18-14(19)7-1-3-9-11(5-7)24-16(22-9)13(26)17-23-10-4-2-8(15(20)21)6-12(10)25-17/h1-6,9,12H,(H3,18,19)(H3,20,21). The molecule has 0 bridgehead atoms. The van der Waals surface area contributed by atoms with E-state index in [1.807, 2.05) is 0 Å². The molecule has 0 saturated carbocycles. The zero-order valence-electron chi connectivity index (χ0n) is 13.5. The van der Waals surface area contributed by atoms with Crippen molar-refractivity contribution in [1.29, 1.82) is 10.8 Å². The molecule has 4 aliphatic rings. The van der Waals surface area contributed by atoms with Crippen LogP contribution in [0.4, 0.5) is 0 Å². The van der Waals surface area contributed by atoms with Crippen molar-refractivity contribution in [3.63, 3.8) is 0 Å². The number of hydrogen-bond donors (Lipinski definition) is 4. The van der Waals surface area contributed by atoms with Crippen molar-refractivity contribution in [3.8, 4) is 0 Å². The molecule has 0 fully saturated rings. The second-order valence-electron chi connectivity index (χ2n) is 5.94. The fourth-order valence-corrected chi connectivity index (χ4v) is 2.82. The van der Waals surface area contributed by atoms with Gasteiger partial charge < -0.3 is 11.5 Å². The van der Waals surface area contributed by atoms with E-state index in [0.29, 0.717) is 22.6 Å². The monoisotopic (exact) mass is 346 g/mol. The van der Waals surface area contributed by atoms with Crippen LogP contribution in [0.1, 0.15) is 0 Å². The van der Waals surface area contributed by atoms with E-state index in [2.05, 4.69) is 20.0 Å². The molecule has 26 heavy (non-hydrogen) atoms. The number of hydrogen-bond acceptors (Lipinski definition) is 7. The molecule has 0 aromatic heterocycles. The van der Waals surface area contributed by atoms with E-state index >= 15 is 0 Å². The Hall–Kier alpha value is -3.75. The summed E-state index contributed by atoms with van der Waals surface area (Å²) >= 11 is 0. The highest BCUT2D eigenvalue weighted by atomic mass is 16.1. The van der Waals surface area contributed by atoms with E-state index in [1.54, 1.807) is 36.5 Å². The van der Waals surface area contributed by atoms with Crippen LogP contribution in [0, 0.1) is 10.8 Å². The highest BCUT2D eigenvalue weighted by molar-refractivity contribution is 6.68. The third-order valence-electron chi connectivity index (χ3n) is 4.16. The first-order valence-corrected chi connectivity index (χ1v) is 7.78. The molecule has 4 rings (SSSR count). The Balaban J connectivity index is 1.59. The largest absolute Gasteiger partial charge is 0.384 e. The summed E-state index contributed by atoms with van der Waals surface area (Å²) in [7, 11) is 0. The van der Waals surface area contributed by atoms with E-state index in [4.69, 9.17) is 22.3 Å². The average Bonchev–Trinajstić information content (AvgIpc) is 3.23. The number of amidine groups is 4. The molecule has 0 amide bonds. The molecule has 9 nitrogen and oxygen atoms in total. The maximum atomic E-state index is 12.7. The highest BCUT2D eigenvalue weighted by Gasteiger charge is 2.32. The van der Waals surface area contributed by atoms with E-state index in [9.17, 15) is 4.79 Å². The SMILES string of the molecule is N=C(N)C1=CC2=NC(C(=O)C3=NC4C=C(C(=N)N)C=CC4=N3)=NC2C=C1. The molecule has 0 spiro atoms. The summed E-state index contributed by atoms with van der Waals surface area (Å²) in [6.07, 6.45) is 10.1. The number of carbonyl (C=O) groups excluding carboxylic acids is 1. The lowest BCUT2D eigenvalue weighted by molar-refractivity contribution is -0.107. The topological polar surface area (TPSA) is 166 Å². The zero-order valence-corrected chi connectivity index (χ0v) is 13.5. The fourth-order valence-electron chi connectivity index (χ4n) is 2.82. The molecule has 9 heteroatoms. The number of fused-ring (bicyclic) bond motifs is 2. The molecule has 0 radical (unpaired) electrons. The van der Waals surface area contributed by atoms with Gasteiger partial charge in [-0.3, -0.25) is 15.6 Å². The zero-order chi connectivity index (χ0) is 18.4. The number of nitrogens with one attached hydrogen (secondary N) is 2. The van der Waals surface area contributed by atoms with Crippen molar-refractivity contribution in [1.82, 2.24) is 0 Å². The van der Waals surface area contributed by atoms with Gasteiger partial charge in [-0.15, -0.1) is 0 Å². The summed E-state index contributed by atoms with van der Waals surface area (Å²) in [5.74, 6) is -0.552. The van der Waals surface area contributed by atoms with Crippen LogP contribution >= 0.6 is 0 Å². The predicted octanol–water partition coefficient (Wildman–Crippen LogP) is -0.137. The van der Waals surface area contributed by atoms with Crippen LogP contribution in [0.25, 0.3) is 0 Å². The second-order valence-corrected chi connectivity index (χ2v) is 5.94. The van der Waals surface area contributed by atoms with E-state index in [0.717, 1.165) is 0 Å². The minimum atomic E-state index is -0.467. The Bertz CT molecular complexity index is 1010. The summed E-state index contributed by atoms with van der Waals surface area (Å²) in [5.41, 5.74) is 13.2. The molecule has 2 aliphatic carbocycles. The van der Waals surface area contributed by atoms with Crippen molar-refractivity contribution >= 4 is 40.5 Å². The number of rotatable bonds is 4. The van der Waals surface area contributed by atoms with Gasteiger partial charge in [0, 0.05) is 11.1 Å². The van der Waals surface area contributed by atoms with Crippen LogP contribution < -0.4 is 11.5 Å². The summed E-state index contributed by atoms with van der Waals surface area (Å²) in [6, 6.07) is -0.794. The Morgan fingerprint density at radius 3 is 2.23 bits per heavy atom. The van der Waals surface area contributed by atoms with Gasteiger partial charge in [-0.1, -0.05) is 12.2 Å². The molecule has 6 N–H and O–H groups in total. The van der Waals surface area contributed by atoms with Gasteiger partial charge >= 0.3 is 0 Å². The molecular formula is C17H14N8O. The summed E-state index contributed by atoms with van der Waals surface area (Å²) in [6.45, 7) is 0. The van der Waals surface area contributed by atoms with Crippen LogP contribution in [-0.2, 0) is 4.79 Å². The van der Waals surface area contributed by atoms with Gasteiger partial charge in [0.05, 0.1) is 11.4 Å². The summed E-state index contributed by atoms with van der Waals surface area (Å²) in [4.78, 5) is 29.7. The van der Waals surface area contributed by atoms with Crippen molar-refractivity contribution in [2.75, 3.05) is 0 Å². The maximum absolute atomic E-state index is 12.7. The number of carbonyl (C=O) groups is 1. The van der Waals surface area contributed by atoms with Crippen molar-refractivity contribution in [3.05, 3.63) is 47.6 Å². The molecule has 0 aromatic rings. The molecule has 2 atom stereocenters. The van der Waals surface area contributed by atoms with Gasteiger partial charge in [0.15, 0.2) is 0 Å². The third kappa shape index (κ3) is 2.55. The number of aliphatic imine (C=N–C) groups is 4. The fraction of sp³-hybridized carbons (Fsp3) is 0.118. The Kier molecular flexibility index (Phi) is 3.43. The van der Waals surface area contributed by atoms with E-state index < -0.39 is 11.8 Å². The molecule has 0 aromatic carbocycles. The quantitative estimate of drug-likeness (QED) is 0.411. The normalized spacial score (nSPS) is 25.2. The smallest absolute Gasteiger partial charge is 0.266 e. The van der Waals surface area contributed by atoms with Gasteiger partial charge in [-0.25, -0.2) is 20.0 Å². The number of nitrogens with two attached hydrogens (primary N) is 2. The van der Waals surface area contributed by atoms with Crippen molar-refractivity contribution in [2.45, 2.75) is 12.1 Å². The van der Waals surface area contributed by atoms with Gasteiger partial charge in [0.25, 0.3) is 5.78 Å². The molecular weight excluding hydrogens is 332 g/mol. The van der Waals surface area contributed by atoms with Gasteiger partial charge in [-0.2, -0.15) is 0 Å². The average molecular weight is 346 g/mol. The molecule has 0 saturated heterocycles. The first kappa shape index (κ1) is 15.8. The molecule has 2 heterocycles. The Morgan fingerprint density at radius 2 is 1.54 bits per heavy atom. The minimum Gasteiger partial charge on any atom is -0.384 e. The predicted molar refractivity (Wildman–Crippen MR) is 101 cm³/mol. The summed E-state index contributed by atoms with van der Waals surface area (Å²) < 4.78 is 0. The van der Waals surface area contributed by atoms with E-state index in [1.165, 1.54) is 0 Å². The first-order valence-electron chi connectivity index (χ1n) is 7.78. The summed E-state index contributed by atoms with van der Waals surface area (Å²) in [5, 5.41) is 15.0. The molecule has 2 unspecified atom stereocenters. The van der Waals surface area contributed by atoms with Crippen molar-refractivity contribution in [2.24, 2.45) is 31.4 Å². The Labute approximate surface area is 148 Å². The minimum absolute atomic E-state index is 0.0252. The Morgan fingerprint density at radius 1 is 0.885 bits per heavy atom. The lowest BCUT2D eigenvalue weighted by Gasteiger charge is -2.09. The number of ketones is 1. The number of Topliss-reactive ketones (excluding diaryl/α,β-unsaturated/α-hetero) is 1. The first-order chi connectivity index (χ1) is 12.4. The number of nitrogens with zero attached hydrogens (tertiary/aromatic N) is 4. The van der Waals surface area contributed by atoms with Crippen LogP contribution in [0.3, 0.4) is 0 Å². The second kappa shape index (κ2) is 5.66. The molecule has 128 valence electrons. The van der Waals surface area contributed by atoms with Crippen LogP contribution in [-0.4, -0.2) is 52.6 Å². The maximum Gasteiger partial charge on any atom is 0.266 e. The van der Waals surface area contributed by atoms with Crippen LogP contribution in [0.2, 0.25) is 0 Å². The lowest BCUT2D eigenvalue weighted by atomic mass is 10.0. The molecule has 2 aliphatic heterocycles.